The minimum absolute atomic E-state index is 0.777. The molecule has 0 saturated heterocycles. The molecule has 2 N–H and O–H groups in total. The van der Waals surface area contributed by atoms with Crippen LogP contribution >= 0.6 is 12.2 Å². The summed E-state index contributed by atoms with van der Waals surface area (Å²) in [5.74, 6) is 0. The highest BCUT2D eigenvalue weighted by Crippen LogP contribution is 2.20. The van der Waals surface area contributed by atoms with E-state index in [4.69, 9.17) is 12.2 Å². The molecule has 0 fully saturated rings. The van der Waals surface area contributed by atoms with Crippen molar-refractivity contribution in [2.75, 3.05) is 31.5 Å². The molecule has 0 saturated carbocycles. The first-order valence-electron chi connectivity index (χ1n) is 10.5. The monoisotopic (exact) mass is 408 g/mol. The molecule has 2 aromatic carbocycles. The van der Waals surface area contributed by atoms with E-state index in [0.717, 1.165) is 49.9 Å². The van der Waals surface area contributed by atoms with Gasteiger partial charge in [0.05, 0.1) is 0 Å². The van der Waals surface area contributed by atoms with Gasteiger partial charge in [0.2, 0.25) is 0 Å². The highest BCUT2D eigenvalue weighted by atomic mass is 32.1. The zero-order valence-electron chi connectivity index (χ0n) is 17.7. The number of hydrogen-bond donors (Lipinski definition) is 2. The fourth-order valence-corrected chi connectivity index (χ4v) is 3.86. The van der Waals surface area contributed by atoms with Gasteiger partial charge in [-0.25, -0.2) is 0 Å². The van der Waals surface area contributed by atoms with Crippen molar-refractivity contribution in [3.05, 3.63) is 65.9 Å². The van der Waals surface area contributed by atoms with Crippen LogP contribution in [0, 0.1) is 6.92 Å². The van der Waals surface area contributed by atoms with Crippen LogP contribution in [0.15, 0.2) is 54.7 Å². The van der Waals surface area contributed by atoms with Crippen molar-refractivity contribution >= 4 is 33.9 Å². The van der Waals surface area contributed by atoms with Crippen LogP contribution in [0.2, 0.25) is 0 Å². The average molecular weight is 409 g/mol. The molecule has 0 radical (unpaired) electrons. The largest absolute Gasteiger partial charge is 0.361 e. The van der Waals surface area contributed by atoms with Gasteiger partial charge in [0.15, 0.2) is 5.11 Å². The third kappa shape index (κ3) is 5.81. The Labute approximate surface area is 179 Å². The minimum atomic E-state index is 0.777. The molecule has 1 aromatic heterocycles. The molecule has 5 heteroatoms. The number of aromatic amines is 1. The Kier molecular flexibility index (Phi) is 7.67. The predicted octanol–water partition coefficient (Wildman–Crippen LogP) is 5.41. The van der Waals surface area contributed by atoms with Gasteiger partial charge in [0.25, 0.3) is 0 Å². The van der Waals surface area contributed by atoms with Crippen LogP contribution in [0.3, 0.4) is 0 Å². The summed E-state index contributed by atoms with van der Waals surface area (Å²) >= 11 is 5.81. The summed E-state index contributed by atoms with van der Waals surface area (Å²) in [4.78, 5) is 8.13. The fourth-order valence-electron chi connectivity index (χ4n) is 3.58. The molecule has 0 aliphatic carbocycles. The van der Waals surface area contributed by atoms with Crippen molar-refractivity contribution in [2.24, 2.45) is 0 Å². The second kappa shape index (κ2) is 10.4. The third-order valence-electron chi connectivity index (χ3n) is 5.42. The molecule has 154 valence electrons. The summed E-state index contributed by atoms with van der Waals surface area (Å²) in [6.45, 7) is 11.5. The van der Waals surface area contributed by atoms with E-state index in [1.54, 1.807) is 0 Å². The molecule has 0 atom stereocenters. The van der Waals surface area contributed by atoms with E-state index in [0.29, 0.717) is 0 Å². The molecule has 0 unspecified atom stereocenters. The number of nitrogens with one attached hydrogen (secondary N) is 2. The van der Waals surface area contributed by atoms with E-state index >= 15 is 0 Å². The van der Waals surface area contributed by atoms with E-state index in [-0.39, 0.29) is 0 Å². The summed E-state index contributed by atoms with van der Waals surface area (Å²) in [5.41, 5.74) is 4.73. The lowest BCUT2D eigenvalue weighted by Gasteiger charge is -2.27. The van der Waals surface area contributed by atoms with E-state index in [2.05, 4.69) is 95.6 Å². The number of nitrogens with zero attached hydrogens (tertiary/aromatic N) is 2. The van der Waals surface area contributed by atoms with Gasteiger partial charge in [0.1, 0.15) is 0 Å². The number of thiocarbonyl (C=S) groups is 1. The molecular formula is C24H32N4S. The van der Waals surface area contributed by atoms with Crippen LogP contribution < -0.4 is 5.32 Å². The molecule has 0 aliphatic rings. The van der Waals surface area contributed by atoms with Crippen molar-refractivity contribution in [1.82, 2.24) is 14.8 Å². The highest BCUT2D eigenvalue weighted by Gasteiger charge is 2.14. The van der Waals surface area contributed by atoms with Crippen LogP contribution in [0.5, 0.6) is 0 Å². The molecule has 0 amide bonds. The fraction of sp³-hybridized carbons (Fsp3) is 0.375. The van der Waals surface area contributed by atoms with Crippen molar-refractivity contribution in [2.45, 2.75) is 33.7 Å². The number of anilines is 1. The molecule has 0 aliphatic heterocycles. The van der Waals surface area contributed by atoms with Crippen LogP contribution in [0.1, 0.15) is 31.4 Å². The van der Waals surface area contributed by atoms with Crippen molar-refractivity contribution in [1.29, 1.82) is 0 Å². The molecule has 0 spiro atoms. The van der Waals surface area contributed by atoms with E-state index in [1.165, 1.54) is 22.0 Å². The Morgan fingerprint density at radius 1 is 1.00 bits per heavy atom. The number of H-pyrrole nitrogens is 1. The number of aromatic nitrogens is 1. The summed E-state index contributed by atoms with van der Waals surface area (Å²) in [6, 6.07) is 16.8. The maximum atomic E-state index is 5.81. The van der Waals surface area contributed by atoms with E-state index in [1.807, 2.05) is 0 Å². The Hall–Kier alpha value is -2.37. The lowest BCUT2D eigenvalue weighted by Crippen LogP contribution is -2.36. The molecule has 3 rings (SSSR count). The molecule has 1 heterocycles. The maximum absolute atomic E-state index is 5.81. The Bertz CT molecular complexity index is 912. The number of benzene rings is 2. The molecule has 0 bridgehead atoms. The summed E-state index contributed by atoms with van der Waals surface area (Å²) in [5, 5.41) is 5.47. The van der Waals surface area contributed by atoms with Gasteiger partial charge in [0, 0.05) is 35.9 Å². The number of aryl methyl sites for hydroxylation is 1. The Morgan fingerprint density at radius 3 is 2.45 bits per heavy atom. The van der Waals surface area contributed by atoms with Crippen molar-refractivity contribution < 1.29 is 0 Å². The average Bonchev–Trinajstić information content (AvgIpc) is 3.15. The molecular weight excluding hydrogens is 376 g/mol. The Balaban J connectivity index is 1.73. The second-order valence-electron chi connectivity index (χ2n) is 7.46. The first-order chi connectivity index (χ1) is 14.1. The SMILES string of the molecule is CCN(CC)CCCN(Cc1c[nH]c2ccccc12)C(=S)Nc1ccc(C)cc1. The first-order valence-corrected chi connectivity index (χ1v) is 10.9. The van der Waals surface area contributed by atoms with E-state index in [9.17, 15) is 0 Å². The number of fused-ring (bicyclic) bond motifs is 1. The minimum Gasteiger partial charge on any atom is -0.361 e. The smallest absolute Gasteiger partial charge is 0.173 e. The van der Waals surface area contributed by atoms with Crippen molar-refractivity contribution in [3.63, 3.8) is 0 Å². The lowest BCUT2D eigenvalue weighted by molar-refractivity contribution is 0.281. The predicted molar refractivity (Wildman–Crippen MR) is 129 cm³/mol. The maximum Gasteiger partial charge on any atom is 0.173 e. The van der Waals surface area contributed by atoms with Gasteiger partial charge in [-0.2, -0.15) is 0 Å². The lowest BCUT2D eigenvalue weighted by atomic mass is 10.1. The Morgan fingerprint density at radius 2 is 1.72 bits per heavy atom. The second-order valence-corrected chi connectivity index (χ2v) is 7.84. The zero-order valence-corrected chi connectivity index (χ0v) is 18.6. The standard InChI is InChI=1S/C24H32N4S/c1-4-27(5-2)15-8-16-28(24(29)26-21-13-11-19(3)12-14-21)18-20-17-25-23-10-7-6-9-22(20)23/h6-7,9-14,17,25H,4-5,8,15-16,18H2,1-3H3,(H,26,29). The van der Waals surface area contributed by atoms with Crippen LogP contribution in [-0.2, 0) is 6.54 Å². The van der Waals surface area contributed by atoms with Crippen LogP contribution in [-0.4, -0.2) is 46.1 Å². The number of para-hydroxylation sites is 1. The van der Waals surface area contributed by atoms with Gasteiger partial charge < -0.3 is 20.1 Å². The summed E-state index contributed by atoms with van der Waals surface area (Å²) in [6.07, 6.45) is 3.19. The van der Waals surface area contributed by atoms with Gasteiger partial charge in [-0.15, -0.1) is 0 Å². The van der Waals surface area contributed by atoms with Crippen molar-refractivity contribution in [3.8, 4) is 0 Å². The first kappa shape index (κ1) is 21.3. The third-order valence-corrected chi connectivity index (χ3v) is 5.78. The van der Waals surface area contributed by atoms with Gasteiger partial charge in [-0.3, -0.25) is 0 Å². The number of rotatable bonds is 9. The summed E-state index contributed by atoms with van der Waals surface area (Å²) in [7, 11) is 0. The topological polar surface area (TPSA) is 34.3 Å². The van der Waals surface area contributed by atoms with Crippen LogP contribution in [0.4, 0.5) is 5.69 Å². The quantitative estimate of drug-likeness (QED) is 0.464. The normalized spacial score (nSPS) is 11.2. The van der Waals surface area contributed by atoms with Gasteiger partial charge in [-0.05, 0) is 69.0 Å². The van der Waals surface area contributed by atoms with Gasteiger partial charge >= 0.3 is 0 Å². The van der Waals surface area contributed by atoms with Crippen LogP contribution in [0.25, 0.3) is 10.9 Å². The van der Waals surface area contributed by atoms with E-state index < -0.39 is 0 Å². The number of hydrogen-bond acceptors (Lipinski definition) is 2. The van der Waals surface area contributed by atoms with Gasteiger partial charge in [-0.1, -0.05) is 49.7 Å². The molecule has 29 heavy (non-hydrogen) atoms. The molecule has 4 nitrogen and oxygen atoms in total. The highest BCUT2D eigenvalue weighted by molar-refractivity contribution is 7.80. The zero-order chi connectivity index (χ0) is 20.6. The summed E-state index contributed by atoms with van der Waals surface area (Å²) < 4.78 is 0. The molecule has 3 aromatic rings.